The maximum absolute atomic E-state index is 13.6. The minimum Gasteiger partial charge on any atom is -0.495 e. The minimum absolute atomic E-state index is 0.00180. The highest BCUT2D eigenvalue weighted by Crippen LogP contribution is 2.43. The summed E-state index contributed by atoms with van der Waals surface area (Å²) >= 11 is 0. The van der Waals surface area contributed by atoms with Crippen molar-refractivity contribution in [2.45, 2.75) is 102 Å². The van der Waals surface area contributed by atoms with Crippen LogP contribution in [0.1, 0.15) is 110 Å². The van der Waals surface area contributed by atoms with E-state index in [1.807, 2.05) is 118 Å². The van der Waals surface area contributed by atoms with Crippen molar-refractivity contribution in [1.29, 1.82) is 0 Å². The molecule has 0 aliphatic carbocycles. The molecule has 0 saturated carbocycles. The summed E-state index contributed by atoms with van der Waals surface area (Å²) in [5.74, 6) is 1.14. The Kier molecular flexibility index (Phi) is 13.0. The van der Waals surface area contributed by atoms with E-state index >= 15 is 0 Å². The molecule has 66 heavy (non-hydrogen) atoms. The van der Waals surface area contributed by atoms with E-state index in [-0.39, 0.29) is 47.6 Å². The smallest absolute Gasteiger partial charge is 0.250 e. The number of aromatic nitrogens is 4. The molecule has 4 aromatic carbocycles. The fraction of sp³-hybridized carbons (Fsp3) is 0.333. The van der Waals surface area contributed by atoms with Crippen molar-refractivity contribution in [2.75, 3.05) is 14.2 Å². The fourth-order valence-electron chi connectivity index (χ4n) is 10.3. The summed E-state index contributed by atoms with van der Waals surface area (Å²) in [7, 11) is 3.30. The predicted molar refractivity (Wildman–Crippen MR) is 251 cm³/mol. The van der Waals surface area contributed by atoms with Crippen LogP contribution in [0.25, 0.3) is 23.5 Å². The number of imidazole rings is 2. The maximum Gasteiger partial charge on any atom is 0.250 e. The Morgan fingerprint density at radius 2 is 0.970 bits per heavy atom. The average molecular weight is 891 g/mol. The van der Waals surface area contributed by atoms with Gasteiger partial charge >= 0.3 is 0 Å². The van der Waals surface area contributed by atoms with Crippen LogP contribution in [0.4, 0.5) is 8.78 Å². The third-order valence-electron chi connectivity index (χ3n) is 13.6. The van der Waals surface area contributed by atoms with Gasteiger partial charge in [0.25, 0.3) is 11.8 Å². The number of piperidine rings is 4. The molecule has 0 N–H and O–H groups in total. The number of hydrogen-bond acceptors (Lipinski definition) is 6. The lowest BCUT2D eigenvalue weighted by atomic mass is 9.84. The van der Waals surface area contributed by atoms with Crippen LogP contribution in [0.2, 0.25) is 0 Å². The monoisotopic (exact) mass is 890 g/mol. The molecule has 4 aliphatic rings. The van der Waals surface area contributed by atoms with Gasteiger partial charge in [0.05, 0.1) is 61.7 Å². The van der Waals surface area contributed by atoms with E-state index in [1.165, 1.54) is 24.3 Å². The predicted octanol–water partition coefficient (Wildman–Crippen LogP) is 11.3. The van der Waals surface area contributed by atoms with Gasteiger partial charge in [-0.3, -0.25) is 9.59 Å². The van der Waals surface area contributed by atoms with Crippen LogP contribution in [-0.4, -0.2) is 67.0 Å². The molecule has 0 bridgehead atoms. The molecular formula is C54H56F2N6O4. The second-order valence-electron chi connectivity index (χ2n) is 17.9. The van der Waals surface area contributed by atoms with Gasteiger partial charge in [0.2, 0.25) is 0 Å². The van der Waals surface area contributed by atoms with Crippen LogP contribution in [0.15, 0.2) is 121 Å². The van der Waals surface area contributed by atoms with Gasteiger partial charge in [-0.05, 0) is 161 Å². The number of aryl methyl sites for hydroxylation is 2. The van der Waals surface area contributed by atoms with Crippen LogP contribution in [0.3, 0.4) is 0 Å². The number of hydrogen-bond donors (Lipinski definition) is 0. The summed E-state index contributed by atoms with van der Waals surface area (Å²) in [5, 5.41) is 0. The number of rotatable bonds is 8. The standard InChI is InChI=1S/2C27H28FN3O2/c2*1-18-16-30(17-29-18)25-13-6-19(15-26(25)33-2)14-21-9-12-23-4-3-5-24(31(23)27(21)32)20-7-10-22(28)11-8-20/h2*6-8,10-11,13-17,23-24H,3-5,9,12H2,1-2H3/b2*21-14+/t2*23-,24-/m10/s1. The van der Waals surface area contributed by atoms with Crippen LogP contribution in [-0.2, 0) is 9.59 Å². The van der Waals surface area contributed by atoms with Gasteiger partial charge < -0.3 is 28.4 Å². The van der Waals surface area contributed by atoms with E-state index in [0.717, 1.165) is 132 Å². The first-order chi connectivity index (χ1) is 32.1. The molecule has 0 unspecified atom stereocenters. The van der Waals surface area contributed by atoms with Gasteiger partial charge in [0, 0.05) is 35.6 Å². The van der Waals surface area contributed by atoms with E-state index in [4.69, 9.17) is 9.47 Å². The van der Waals surface area contributed by atoms with Gasteiger partial charge in [-0.1, -0.05) is 36.4 Å². The highest BCUT2D eigenvalue weighted by molar-refractivity contribution is 6.00. The van der Waals surface area contributed by atoms with Crippen LogP contribution >= 0.6 is 0 Å². The van der Waals surface area contributed by atoms with Crippen LogP contribution in [0.5, 0.6) is 11.5 Å². The molecule has 6 heterocycles. The highest BCUT2D eigenvalue weighted by atomic mass is 19.1. The molecule has 12 heteroatoms. The van der Waals surface area contributed by atoms with Crippen molar-refractivity contribution in [3.05, 3.63) is 166 Å². The number of fused-ring (bicyclic) bond motifs is 2. The average Bonchev–Trinajstić information content (AvgIpc) is 3.98. The summed E-state index contributed by atoms with van der Waals surface area (Å²) in [6, 6.07) is 25.6. The zero-order valence-corrected chi connectivity index (χ0v) is 38.0. The quantitative estimate of drug-likeness (QED) is 0.141. The van der Waals surface area contributed by atoms with Gasteiger partial charge in [-0.15, -0.1) is 0 Å². The lowest BCUT2D eigenvalue weighted by Crippen LogP contribution is -2.49. The molecule has 4 aliphatic heterocycles. The highest BCUT2D eigenvalue weighted by Gasteiger charge is 2.40. The molecular weight excluding hydrogens is 835 g/mol. The number of halogens is 2. The van der Waals surface area contributed by atoms with Crippen molar-refractivity contribution in [2.24, 2.45) is 0 Å². The van der Waals surface area contributed by atoms with Crippen LogP contribution < -0.4 is 9.47 Å². The number of ether oxygens (including phenoxy) is 2. The molecule has 4 saturated heterocycles. The Bertz CT molecular complexity index is 2590. The van der Waals surface area contributed by atoms with Crippen molar-refractivity contribution in [3.63, 3.8) is 0 Å². The first-order valence-electron chi connectivity index (χ1n) is 23.0. The third-order valence-corrected chi connectivity index (χ3v) is 13.6. The van der Waals surface area contributed by atoms with Crippen LogP contribution in [0, 0.1) is 25.5 Å². The molecule has 2 aromatic heterocycles. The summed E-state index contributed by atoms with van der Waals surface area (Å²) in [4.78, 5) is 39.9. The van der Waals surface area contributed by atoms with Crippen molar-refractivity contribution < 1.29 is 27.8 Å². The molecule has 6 aromatic rings. The number of methoxy groups -OCH3 is 2. The molecule has 2 amide bonds. The first-order valence-corrected chi connectivity index (χ1v) is 23.0. The summed E-state index contributed by atoms with van der Waals surface area (Å²) in [6.45, 7) is 3.90. The fourth-order valence-corrected chi connectivity index (χ4v) is 10.3. The molecule has 340 valence electrons. The maximum atomic E-state index is 13.6. The summed E-state index contributed by atoms with van der Waals surface area (Å²) < 4.78 is 42.1. The molecule has 10 nitrogen and oxygen atoms in total. The Balaban J connectivity index is 0.000000166. The SMILES string of the molecule is COc1cc(/C=C2\CC[C@@H]3CCC[C@@H](c4ccc(F)cc4)N3C2=O)ccc1-n1cnc(C)c1.COc1cc(/C=C2\CC[C@H]3CCC[C@H](c4ccc(F)cc4)N3C2=O)ccc1-n1cnc(C)c1. The zero-order valence-electron chi connectivity index (χ0n) is 38.0. The number of carbonyl (C=O) groups excluding carboxylic acids is 2. The number of nitrogens with zero attached hydrogens (tertiary/aromatic N) is 6. The Morgan fingerprint density at radius 3 is 1.33 bits per heavy atom. The van der Waals surface area contributed by atoms with Gasteiger partial charge in [-0.25, -0.2) is 18.7 Å². The first kappa shape index (κ1) is 44.4. The van der Waals surface area contributed by atoms with E-state index in [0.29, 0.717) is 0 Å². The normalized spacial score (nSPS) is 21.8. The van der Waals surface area contributed by atoms with Gasteiger partial charge in [-0.2, -0.15) is 0 Å². The molecule has 4 fully saturated rings. The Morgan fingerprint density at radius 1 is 0.561 bits per heavy atom. The number of benzene rings is 4. The third kappa shape index (κ3) is 9.32. The summed E-state index contributed by atoms with van der Waals surface area (Å²) in [6.07, 6.45) is 20.9. The summed E-state index contributed by atoms with van der Waals surface area (Å²) in [5.41, 5.74) is 9.20. The van der Waals surface area contributed by atoms with Crippen molar-refractivity contribution in [1.82, 2.24) is 28.9 Å². The number of amides is 2. The Labute approximate surface area is 385 Å². The van der Waals surface area contributed by atoms with E-state index < -0.39 is 0 Å². The van der Waals surface area contributed by atoms with E-state index in [2.05, 4.69) is 9.97 Å². The molecule has 10 rings (SSSR count). The molecule has 0 radical (unpaired) electrons. The second-order valence-corrected chi connectivity index (χ2v) is 17.9. The molecule has 4 atom stereocenters. The zero-order chi connectivity index (χ0) is 45.9. The van der Waals surface area contributed by atoms with Gasteiger partial charge in [0.15, 0.2) is 0 Å². The topological polar surface area (TPSA) is 94.7 Å². The Hall–Kier alpha value is -6.82. The van der Waals surface area contributed by atoms with Crippen molar-refractivity contribution >= 4 is 24.0 Å². The second kappa shape index (κ2) is 19.3. The number of carbonyl (C=O) groups is 2. The van der Waals surface area contributed by atoms with E-state index in [1.54, 1.807) is 26.9 Å². The lowest BCUT2D eigenvalue weighted by Gasteiger charge is -2.46. The van der Waals surface area contributed by atoms with E-state index in [9.17, 15) is 18.4 Å². The van der Waals surface area contributed by atoms with Gasteiger partial charge in [0.1, 0.15) is 23.1 Å². The lowest BCUT2D eigenvalue weighted by molar-refractivity contribution is -0.137. The molecule has 0 spiro atoms. The largest absolute Gasteiger partial charge is 0.495 e. The van der Waals surface area contributed by atoms with Crippen molar-refractivity contribution in [3.8, 4) is 22.9 Å². The minimum atomic E-state index is -0.250.